The van der Waals surface area contributed by atoms with Gasteiger partial charge in [-0.2, -0.15) is 13.2 Å². The maximum atomic E-state index is 12.7. The number of pyridine rings is 1. The van der Waals surface area contributed by atoms with Crippen LogP contribution in [-0.2, 0) is 0 Å². The van der Waals surface area contributed by atoms with Gasteiger partial charge in [-0.1, -0.05) is 0 Å². The number of nitrogens with zero attached hydrogens (tertiary/aromatic N) is 1. The minimum absolute atomic E-state index is 0.134. The zero-order valence-corrected chi connectivity index (χ0v) is 9.43. The topological polar surface area (TPSA) is 37.0 Å². The molecule has 0 unspecified atom stereocenters. The van der Waals surface area contributed by atoms with Crippen LogP contribution < -0.4 is 10.6 Å². The van der Waals surface area contributed by atoms with E-state index in [0.29, 0.717) is 18.1 Å². The largest absolute Gasteiger partial charge is 0.411 e. The normalized spacial score (nSPS) is 17.6. The maximum absolute atomic E-state index is 12.7. The molecule has 1 aromatic heterocycles. The fourth-order valence-corrected chi connectivity index (χ4v) is 1.67. The third-order valence-corrected chi connectivity index (χ3v) is 2.79. The quantitative estimate of drug-likeness (QED) is 0.856. The van der Waals surface area contributed by atoms with E-state index in [0.717, 1.165) is 0 Å². The smallest absolute Gasteiger partial charge is 0.371 e. The van der Waals surface area contributed by atoms with Crippen LogP contribution in [0.1, 0.15) is 19.8 Å². The molecule has 1 fully saturated rings. The first-order valence-corrected chi connectivity index (χ1v) is 5.52. The summed E-state index contributed by atoms with van der Waals surface area (Å²) >= 11 is 0. The second kappa shape index (κ2) is 4.09. The summed E-state index contributed by atoms with van der Waals surface area (Å²) in [6.45, 7) is 2.58. The highest BCUT2D eigenvalue weighted by Gasteiger charge is 2.63. The third-order valence-electron chi connectivity index (χ3n) is 2.79. The minimum Gasteiger partial charge on any atom is -0.371 e. The standard InChI is InChI=1S/C11H14F3N3/c1-2-15-9-7-8(3-6-16-9)17-10(4-5-10)11(12,13)14/h3,6-7H,2,4-5H2,1H3,(H2,15,16,17). The molecule has 0 aromatic carbocycles. The molecule has 0 amide bonds. The van der Waals surface area contributed by atoms with Gasteiger partial charge in [0.2, 0.25) is 0 Å². The molecule has 2 N–H and O–H groups in total. The Morgan fingerprint density at radius 1 is 1.41 bits per heavy atom. The molecule has 6 heteroatoms. The van der Waals surface area contributed by atoms with Crippen LogP contribution >= 0.6 is 0 Å². The number of rotatable bonds is 4. The van der Waals surface area contributed by atoms with Crippen LogP contribution in [0.3, 0.4) is 0 Å². The first kappa shape index (κ1) is 12.0. The van der Waals surface area contributed by atoms with Gasteiger partial charge in [-0.25, -0.2) is 4.98 Å². The SMILES string of the molecule is CCNc1cc(NC2(C(F)(F)F)CC2)ccn1. The average molecular weight is 245 g/mol. The Morgan fingerprint density at radius 3 is 2.65 bits per heavy atom. The molecule has 1 saturated carbocycles. The van der Waals surface area contributed by atoms with Crippen molar-refractivity contribution in [1.29, 1.82) is 0 Å². The number of alkyl halides is 3. The van der Waals surface area contributed by atoms with Gasteiger partial charge < -0.3 is 10.6 Å². The van der Waals surface area contributed by atoms with E-state index in [1.807, 2.05) is 6.92 Å². The summed E-state index contributed by atoms with van der Waals surface area (Å²) in [6, 6.07) is 3.14. The number of hydrogen-bond acceptors (Lipinski definition) is 3. The van der Waals surface area contributed by atoms with E-state index in [1.165, 1.54) is 6.20 Å². The van der Waals surface area contributed by atoms with Crippen molar-refractivity contribution in [3.05, 3.63) is 18.3 Å². The first-order chi connectivity index (χ1) is 7.97. The van der Waals surface area contributed by atoms with Gasteiger partial charge in [0, 0.05) is 24.5 Å². The Hall–Kier alpha value is -1.46. The van der Waals surface area contributed by atoms with Crippen LogP contribution in [0.5, 0.6) is 0 Å². The van der Waals surface area contributed by atoms with Crippen molar-refractivity contribution in [2.45, 2.75) is 31.5 Å². The molecule has 0 saturated heterocycles. The van der Waals surface area contributed by atoms with Crippen LogP contribution in [0.4, 0.5) is 24.7 Å². The maximum Gasteiger partial charge on any atom is 0.411 e. The molecule has 0 bridgehead atoms. The van der Waals surface area contributed by atoms with Gasteiger partial charge in [0.25, 0.3) is 0 Å². The van der Waals surface area contributed by atoms with Crippen molar-refractivity contribution in [3.63, 3.8) is 0 Å². The Bertz CT molecular complexity index is 399. The lowest BCUT2D eigenvalue weighted by molar-refractivity contribution is -0.151. The average Bonchev–Trinajstić information content (AvgIpc) is 2.99. The van der Waals surface area contributed by atoms with Gasteiger partial charge in [-0.15, -0.1) is 0 Å². The molecule has 1 aliphatic rings. The van der Waals surface area contributed by atoms with Gasteiger partial charge in [-0.3, -0.25) is 0 Å². The number of anilines is 2. The molecule has 0 spiro atoms. The summed E-state index contributed by atoms with van der Waals surface area (Å²) in [7, 11) is 0. The molecule has 94 valence electrons. The highest BCUT2D eigenvalue weighted by atomic mass is 19.4. The van der Waals surface area contributed by atoms with Gasteiger partial charge >= 0.3 is 6.18 Å². The Balaban J connectivity index is 2.11. The van der Waals surface area contributed by atoms with Crippen LogP contribution in [0, 0.1) is 0 Å². The molecule has 0 aliphatic heterocycles. The van der Waals surface area contributed by atoms with Gasteiger partial charge in [0.15, 0.2) is 0 Å². The zero-order chi connectivity index (χ0) is 12.5. The molecular formula is C11H14F3N3. The molecule has 0 atom stereocenters. The molecule has 0 radical (unpaired) electrons. The predicted octanol–water partition coefficient (Wildman–Crippen LogP) is 3.02. The summed E-state index contributed by atoms with van der Waals surface area (Å²) in [6.07, 6.45) is -2.44. The van der Waals surface area contributed by atoms with E-state index in [-0.39, 0.29) is 12.8 Å². The lowest BCUT2D eigenvalue weighted by Gasteiger charge is -2.22. The number of hydrogen-bond donors (Lipinski definition) is 2. The van der Waals surface area contributed by atoms with Crippen molar-refractivity contribution >= 4 is 11.5 Å². The molecule has 3 nitrogen and oxygen atoms in total. The molecule has 1 aliphatic carbocycles. The van der Waals surface area contributed by atoms with Gasteiger partial charge in [-0.05, 0) is 25.8 Å². The van der Waals surface area contributed by atoms with Crippen LogP contribution in [0.25, 0.3) is 0 Å². The summed E-state index contributed by atoms with van der Waals surface area (Å²) in [5.41, 5.74) is -1.27. The summed E-state index contributed by atoms with van der Waals surface area (Å²) in [4.78, 5) is 4.01. The van der Waals surface area contributed by atoms with Crippen molar-refractivity contribution in [3.8, 4) is 0 Å². The minimum atomic E-state index is -4.20. The molecule has 1 heterocycles. The van der Waals surface area contributed by atoms with Crippen molar-refractivity contribution in [1.82, 2.24) is 4.98 Å². The Kier molecular flexibility index (Phi) is 2.89. The highest BCUT2D eigenvalue weighted by Crippen LogP contribution is 2.51. The lowest BCUT2D eigenvalue weighted by Crippen LogP contribution is -2.38. The molecule has 2 rings (SSSR count). The second-order valence-electron chi connectivity index (χ2n) is 4.16. The van der Waals surface area contributed by atoms with Crippen LogP contribution in [-0.4, -0.2) is 23.2 Å². The van der Waals surface area contributed by atoms with E-state index < -0.39 is 11.7 Å². The van der Waals surface area contributed by atoms with Crippen LogP contribution in [0.15, 0.2) is 18.3 Å². The summed E-state index contributed by atoms with van der Waals surface area (Å²) in [5.74, 6) is 0.579. The fraction of sp³-hybridized carbons (Fsp3) is 0.545. The second-order valence-corrected chi connectivity index (χ2v) is 4.16. The van der Waals surface area contributed by atoms with Crippen LogP contribution in [0.2, 0.25) is 0 Å². The van der Waals surface area contributed by atoms with Crippen molar-refractivity contribution < 1.29 is 13.2 Å². The predicted molar refractivity (Wildman–Crippen MR) is 60.0 cm³/mol. The van der Waals surface area contributed by atoms with E-state index in [2.05, 4.69) is 15.6 Å². The fourth-order valence-electron chi connectivity index (χ4n) is 1.67. The zero-order valence-electron chi connectivity index (χ0n) is 9.43. The van der Waals surface area contributed by atoms with E-state index in [9.17, 15) is 13.2 Å². The first-order valence-electron chi connectivity index (χ1n) is 5.52. The summed E-state index contributed by atoms with van der Waals surface area (Å²) < 4.78 is 38.2. The third kappa shape index (κ3) is 2.45. The van der Waals surface area contributed by atoms with E-state index in [1.54, 1.807) is 12.1 Å². The molecular weight excluding hydrogens is 231 g/mol. The lowest BCUT2D eigenvalue weighted by atomic mass is 10.2. The molecule has 1 aromatic rings. The number of aromatic nitrogens is 1. The van der Waals surface area contributed by atoms with Crippen molar-refractivity contribution in [2.75, 3.05) is 17.2 Å². The monoisotopic (exact) mass is 245 g/mol. The summed E-state index contributed by atoms with van der Waals surface area (Å²) in [5, 5.41) is 5.52. The number of nitrogens with one attached hydrogen (secondary N) is 2. The molecule has 17 heavy (non-hydrogen) atoms. The Labute approximate surface area is 97.4 Å². The van der Waals surface area contributed by atoms with Gasteiger partial charge in [0.1, 0.15) is 11.4 Å². The van der Waals surface area contributed by atoms with Crippen molar-refractivity contribution in [2.24, 2.45) is 0 Å². The Morgan fingerprint density at radius 2 is 2.12 bits per heavy atom. The van der Waals surface area contributed by atoms with E-state index >= 15 is 0 Å². The van der Waals surface area contributed by atoms with Gasteiger partial charge in [0.05, 0.1) is 0 Å². The number of halogens is 3. The highest BCUT2D eigenvalue weighted by molar-refractivity contribution is 5.54. The van der Waals surface area contributed by atoms with E-state index in [4.69, 9.17) is 0 Å².